The molecule has 0 amide bonds. The second-order valence-electron chi connectivity index (χ2n) is 8.59. The maximum atomic E-state index is 13.2. The summed E-state index contributed by atoms with van der Waals surface area (Å²) >= 11 is 0. The van der Waals surface area contributed by atoms with E-state index in [9.17, 15) is 4.79 Å². The lowest BCUT2D eigenvalue weighted by atomic mass is 10.1. The van der Waals surface area contributed by atoms with Gasteiger partial charge in [0.25, 0.3) is 0 Å². The van der Waals surface area contributed by atoms with E-state index >= 15 is 0 Å². The molecule has 0 aromatic heterocycles. The molecule has 30 heavy (non-hydrogen) atoms. The Morgan fingerprint density at radius 2 is 1.60 bits per heavy atom. The third-order valence-electron chi connectivity index (χ3n) is 5.82. The van der Waals surface area contributed by atoms with Gasteiger partial charge >= 0.3 is 0 Å². The van der Waals surface area contributed by atoms with Crippen LogP contribution in [-0.4, -0.2) is 42.6 Å². The second-order valence-corrected chi connectivity index (χ2v) is 8.59. The highest BCUT2D eigenvalue weighted by atomic mass is 16.5. The van der Waals surface area contributed by atoms with Crippen molar-refractivity contribution in [2.24, 2.45) is 0 Å². The topological polar surface area (TPSA) is 32.8 Å². The fraction of sp³-hybridized carbons (Fsp3) is 0.500. The molecule has 0 saturated carbocycles. The number of piperazine rings is 1. The van der Waals surface area contributed by atoms with Gasteiger partial charge in [-0.05, 0) is 29.5 Å². The van der Waals surface area contributed by atoms with Crippen molar-refractivity contribution in [1.82, 2.24) is 9.80 Å². The maximum Gasteiger partial charge on any atom is 0.224 e. The van der Waals surface area contributed by atoms with Crippen molar-refractivity contribution in [2.45, 2.75) is 52.6 Å². The van der Waals surface area contributed by atoms with Gasteiger partial charge in [0.15, 0.2) is 5.75 Å². The quantitative estimate of drug-likeness (QED) is 0.565. The smallest absolute Gasteiger partial charge is 0.224 e. The molecule has 0 radical (unpaired) electrons. The monoisotopic (exact) mass is 408 g/mol. The fourth-order valence-corrected chi connectivity index (χ4v) is 3.80. The molecule has 0 unspecified atom stereocenters. The Morgan fingerprint density at radius 1 is 0.933 bits per heavy atom. The maximum absolute atomic E-state index is 13.2. The molecule has 0 aliphatic carbocycles. The molecule has 0 atom stereocenters. The Hall–Kier alpha value is -2.17. The molecular formula is C26H36N2O2. The minimum absolute atomic E-state index is 0.0460. The lowest BCUT2D eigenvalue weighted by molar-refractivity contribution is 0.121. The third kappa shape index (κ3) is 6.41. The minimum Gasteiger partial charge on any atom is -0.489 e. The molecule has 0 bridgehead atoms. The van der Waals surface area contributed by atoms with E-state index in [2.05, 4.69) is 67.0 Å². The molecule has 4 nitrogen and oxygen atoms in total. The van der Waals surface area contributed by atoms with Crippen molar-refractivity contribution in [3.8, 4) is 5.75 Å². The van der Waals surface area contributed by atoms with Gasteiger partial charge in [-0.1, -0.05) is 69.7 Å². The van der Waals surface area contributed by atoms with Crippen molar-refractivity contribution < 1.29 is 4.74 Å². The first-order valence-corrected chi connectivity index (χ1v) is 11.4. The van der Waals surface area contributed by atoms with Crippen molar-refractivity contribution in [2.75, 3.05) is 32.8 Å². The van der Waals surface area contributed by atoms with Gasteiger partial charge in [0.1, 0.15) is 0 Å². The summed E-state index contributed by atoms with van der Waals surface area (Å²) in [6, 6.07) is 16.7. The molecule has 1 saturated heterocycles. The molecular weight excluding hydrogens is 372 g/mol. The van der Waals surface area contributed by atoms with E-state index in [1.807, 2.05) is 12.1 Å². The zero-order valence-electron chi connectivity index (χ0n) is 18.8. The number of hydrogen-bond donors (Lipinski definition) is 0. The van der Waals surface area contributed by atoms with Crippen LogP contribution in [0.2, 0.25) is 0 Å². The van der Waals surface area contributed by atoms with Crippen molar-refractivity contribution in [3.63, 3.8) is 0 Å². The number of unbranched alkanes of at least 4 members (excludes halogenated alkanes) is 1. The Labute approximate surface area is 181 Å². The summed E-state index contributed by atoms with van der Waals surface area (Å²) in [7, 11) is 0. The molecule has 1 aliphatic rings. The summed E-state index contributed by atoms with van der Waals surface area (Å²) in [5.74, 6) is 0.870. The predicted molar refractivity (Wildman–Crippen MR) is 124 cm³/mol. The minimum atomic E-state index is 0.0460. The molecule has 0 N–H and O–H groups in total. The molecule has 1 fully saturated rings. The number of rotatable bonds is 9. The average molecular weight is 409 g/mol. The van der Waals surface area contributed by atoms with Crippen LogP contribution in [0.25, 0.3) is 0 Å². The van der Waals surface area contributed by atoms with Crippen LogP contribution in [-0.2, 0) is 13.1 Å². The molecule has 162 valence electrons. The van der Waals surface area contributed by atoms with E-state index in [0.29, 0.717) is 24.8 Å². The molecule has 0 spiro atoms. The summed E-state index contributed by atoms with van der Waals surface area (Å²) < 4.78 is 5.90. The summed E-state index contributed by atoms with van der Waals surface area (Å²) in [5, 5.41) is 0. The van der Waals surface area contributed by atoms with Crippen LogP contribution in [0.4, 0.5) is 0 Å². The highest BCUT2D eigenvalue weighted by Crippen LogP contribution is 2.19. The molecule has 1 heterocycles. The van der Waals surface area contributed by atoms with Crippen LogP contribution in [0.15, 0.2) is 53.3 Å². The van der Waals surface area contributed by atoms with Crippen molar-refractivity contribution in [1.29, 1.82) is 0 Å². The molecule has 2 aromatic carbocycles. The zero-order valence-corrected chi connectivity index (χ0v) is 18.8. The van der Waals surface area contributed by atoms with E-state index in [0.717, 1.165) is 56.7 Å². The third-order valence-corrected chi connectivity index (χ3v) is 5.82. The number of benzene rings is 1. The van der Waals surface area contributed by atoms with E-state index in [1.54, 1.807) is 0 Å². The lowest BCUT2D eigenvalue weighted by Gasteiger charge is -2.34. The molecule has 3 rings (SSSR count). The number of ether oxygens (including phenoxy) is 1. The van der Waals surface area contributed by atoms with E-state index in [-0.39, 0.29) is 5.43 Å². The van der Waals surface area contributed by atoms with Crippen LogP contribution in [0.5, 0.6) is 5.75 Å². The lowest BCUT2D eigenvalue weighted by Crippen LogP contribution is -2.45. The Morgan fingerprint density at radius 3 is 2.23 bits per heavy atom. The van der Waals surface area contributed by atoms with Crippen LogP contribution >= 0.6 is 0 Å². The van der Waals surface area contributed by atoms with E-state index in [1.165, 1.54) is 5.56 Å². The molecule has 4 heteroatoms. The van der Waals surface area contributed by atoms with E-state index < -0.39 is 0 Å². The van der Waals surface area contributed by atoms with Gasteiger partial charge in [0, 0.05) is 44.8 Å². The second kappa shape index (κ2) is 11.3. The van der Waals surface area contributed by atoms with Gasteiger partial charge in [0.05, 0.1) is 6.61 Å². The molecule has 1 aliphatic heterocycles. The van der Waals surface area contributed by atoms with Gasteiger partial charge in [-0.15, -0.1) is 0 Å². The van der Waals surface area contributed by atoms with Gasteiger partial charge in [-0.25, -0.2) is 0 Å². The average Bonchev–Trinajstić information content (AvgIpc) is 2.90. The summed E-state index contributed by atoms with van der Waals surface area (Å²) in [4.78, 5) is 18.0. The van der Waals surface area contributed by atoms with Crippen molar-refractivity contribution >= 4 is 0 Å². The Balaban J connectivity index is 1.66. The van der Waals surface area contributed by atoms with Gasteiger partial charge in [-0.2, -0.15) is 0 Å². The van der Waals surface area contributed by atoms with Gasteiger partial charge in [-0.3, -0.25) is 14.6 Å². The molecule has 2 aromatic rings. The summed E-state index contributed by atoms with van der Waals surface area (Å²) in [6.45, 7) is 12.7. The largest absolute Gasteiger partial charge is 0.489 e. The van der Waals surface area contributed by atoms with Crippen LogP contribution in [0, 0.1) is 0 Å². The van der Waals surface area contributed by atoms with E-state index in [4.69, 9.17) is 4.74 Å². The Bertz CT molecular complexity index is 843. The highest BCUT2D eigenvalue weighted by Gasteiger charge is 2.19. The normalized spacial score (nSPS) is 15.5. The zero-order chi connectivity index (χ0) is 21.3. The summed E-state index contributed by atoms with van der Waals surface area (Å²) in [6.07, 6.45) is 2.03. The Kier molecular flexibility index (Phi) is 8.47. The van der Waals surface area contributed by atoms with Crippen LogP contribution in [0.3, 0.4) is 0 Å². The van der Waals surface area contributed by atoms with Crippen molar-refractivity contribution in [3.05, 3.63) is 75.4 Å². The van der Waals surface area contributed by atoms with Crippen LogP contribution < -0.4 is 10.2 Å². The summed E-state index contributed by atoms with van der Waals surface area (Å²) in [5.41, 5.74) is 3.39. The van der Waals surface area contributed by atoms with Gasteiger partial charge < -0.3 is 4.74 Å². The van der Waals surface area contributed by atoms with Gasteiger partial charge in [0.2, 0.25) is 5.43 Å². The number of hydrogen-bond acceptors (Lipinski definition) is 4. The standard InChI is InChI=1S/C26H36N2O2/c1-4-5-17-30-25-18-23(21(2)3)11-12-24(26(25)29)20-28-15-13-27(14-16-28)19-22-9-7-6-8-10-22/h6-12,18,21H,4-5,13-17,19-20H2,1-3H3. The fourth-order valence-electron chi connectivity index (χ4n) is 3.80. The predicted octanol–water partition coefficient (Wildman–Crippen LogP) is 4.67. The SMILES string of the molecule is CCCCOc1cc(C(C)C)ccc(CN2CCN(Cc3ccccc3)CC2)c1=O. The highest BCUT2D eigenvalue weighted by molar-refractivity contribution is 5.33. The first kappa shape index (κ1) is 22.5. The first-order valence-electron chi connectivity index (χ1n) is 11.4. The number of nitrogens with zero attached hydrogens (tertiary/aromatic N) is 2. The van der Waals surface area contributed by atoms with Crippen LogP contribution in [0.1, 0.15) is 56.2 Å². The first-order chi connectivity index (χ1) is 14.6.